The molecule has 0 N–H and O–H groups in total. The molecule has 5 heteroatoms. The van der Waals surface area contributed by atoms with Crippen LogP contribution < -0.4 is 46.9 Å². The molecule has 576 valence electrons. The summed E-state index contributed by atoms with van der Waals surface area (Å²) in [6.45, 7) is 29.7. The second-order valence-corrected chi connectivity index (χ2v) is 41.6. The Kier molecular flexibility index (Phi) is 17.0. The molecule has 0 atom stereocenters. The number of hydrogen-bond donors (Lipinski definition) is 0. The van der Waals surface area contributed by atoms with Crippen LogP contribution in [0.25, 0.3) is 83.1 Å². The highest BCUT2D eigenvalue weighted by Gasteiger charge is 2.48. The van der Waals surface area contributed by atoms with Gasteiger partial charge in [-0.2, -0.15) is 0 Å². The van der Waals surface area contributed by atoms with E-state index >= 15 is 0 Å². The first-order chi connectivity index (χ1) is 58.4. The number of anilines is 6. The van der Waals surface area contributed by atoms with Crippen LogP contribution in [0.1, 0.15) is 151 Å². The van der Waals surface area contributed by atoms with E-state index in [2.05, 4.69) is 415 Å². The topological polar surface area (TPSA) is 11.4 Å². The van der Waals surface area contributed by atoms with E-state index in [0.717, 1.165) is 128 Å². The van der Waals surface area contributed by atoms with Gasteiger partial charge >= 0.3 is 0 Å². The molecule has 3 heterocycles. The number of aromatic nitrogens is 1. The molecule has 117 heavy (non-hydrogen) atoms. The van der Waals surface area contributed by atoms with Crippen LogP contribution in [0.2, 0.25) is 0 Å². The van der Waals surface area contributed by atoms with Crippen molar-refractivity contribution < 1.29 is 8.22 Å². The van der Waals surface area contributed by atoms with E-state index in [1.807, 2.05) is 12.1 Å². The standard InChI is InChI=1S/C112H106BN3Si/c1-73-49-58-99-95(61-73)96-62-74(2)50-59-100(96)114(99)86-54-57-97-102(72-86)116(106-91(76-35-23-18-24-36-76)66-83(110(9,10)11)67-92(106)77-37-25-19-26-38-77)104-71-85(112(15,16)17)70-103-105(104)113(97)98-65-78(75-51-55-90(56-52-75)117(87-43-27-20-28-44-87,88-45-29-21-30-46-88)89-47-31-22-32-48-89)53-60-101(98)115(103)107-93(79-39-33-41-81(63-79)108(3,4)5)68-84(111(12,13)14)69-94(107)80-40-34-42-82(64-80)109(6,7)8/h18-72H,1-17H3/i1D3,2D3. The number of nitrogens with zero attached hydrogens (tertiary/aromatic N) is 3. The molecule has 0 unspecified atom stereocenters. The SMILES string of the molecule is [2H]C([2H])([2H])c1ccc2c(c1)c1cc(C([2H])([2H])[2H])ccc1n2-c1ccc2c(c1)N(c1c(-c3ccccc3)cc(C(C)(C)C)cc1-c1ccccc1)c1cc(C(C)(C)C)cc3c1B2c1cc(-c2ccc([Si](c4ccccc4)(c4ccccc4)c4ccccc4)cc2)ccc1N3c1c(-c2cccc(C(C)(C)C)c2)cc(C(C)(C)C)cc1-c1cccc(C(C)(C)C)c1. The van der Waals surface area contributed by atoms with Crippen LogP contribution in [0.4, 0.5) is 34.1 Å². The fourth-order valence-corrected chi connectivity index (χ4v) is 23.3. The van der Waals surface area contributed by atoms with Gasteiger partial charge in [0.15, 0.2) is 8.07 Å². The van der Waals surface area contributed by atoms with Crippen molar-refractivity contribution in [2.45, 2.75) is 145 Å². The van der Waals surface area contributed by atoms with Gasteiger partial charge in [-0.3, -0.25) is 0 Å². The minimum absolute atomic E-state index is 0.177. The lowest BCUT2D eigenvalue weighted by molar-refractivity contribution is 0.589. The van der Waals surface area contributed by atoms with Gasteiger partial charge < -0.3 is 14.4 Å². The minimum atomic E-state index is -2.95. The second-order valence-electron chi connectivity index (χ2n) is 37.8. The zero-order chi connectivity index (χ0) is 86.4. The fourth-order valence-electron chi connectivity index (χ4n) is 18.5. The van der Waals surface area contributed by atoms with Gasteiger partial charge in [0.2, 0.25) is 0 Å². The molecule has 1 aromatic heterocycles. The Labute approximate surface area is 704 Å². The summed E-state index contributed by atoms with van der Waals surface area (Å²) in [7, 11) is -2.95. The van der Waals surface area contributed by atoms with E-state index in [1.165, 1.54) is 43.0 Å². The van der Waals surface area contributed by atoms with Crippen LogP contribution in [-0.4, -0.2) is 19.4 Å². The van der Waals surface area contributed by atoms with E-state index in [-0.39, 0.29) is 32.8 Å². The fraction of sp³-hybridized carbons (Fsp3) is 0.196. The second kappa shape index (κ2) is 28.7. The van der Waals surface area contributed by atoms with Gasteiger partial charge in [-0.25, -0.2) is 0 Å². The highest BCUT2D eigenvalue weighted by atomic mass is 28.3. The molecule has 0 fully saturated rings. The third kappa shape index (κ3) is 13.4. The minimum Gasteiger partial charge on any atom is -0.310 e. The summed E-state index contributed by atoms with van der Waals surface area (Å²) in [6, 6.07) is 124. The summed E-state index contributed by atoms with van der Waals surface area (Å²) in [6.07, 6.45) is 0. The van der Waals surface area contributed by atoms with Crippen LogP contribution in [0.3, 0.4) is 0 Å². The molecule has 2 aliphatic rings. The number of rotatable bonds is 12. The average Bonchev–Trinajstić information content (AvgIpc) is 1.19. The van der Waals surface area contributed by atoms with E-state index in [0.29, 0.717) is 10.8 Å². The maximum absolute atomic E-state index is 8.76. The summed E-state index contributed by atoms with van der Waals surface area (Å²) in [5, 5.41) is 6.52. The lowest BCUT2D eigenvalue weighted by Crippen LogP contribution is -2.74. The normalized spacial score (nSPS) is 14.1. The summed E-state index contributed by atoms with van der Waals surface area (Å²) in [5.74, 6) is 0. The van der Waals surface area contributed by atoms with Crippen molar-refractivity contribution in [1.82, 2.24) is 4.57 Å². The molecule has 0 saturated carbocycles. The van der Waals surface area contributed by atoms with E-state index < -0.39 is 33.9 Å². The molecular formula is C112H106BN3Si. The van der Waals surface area contributed by atoms with Gasteiger partial charge in [0.1, 0.15) is 0 Å². The monoisotopic (exact) mass is 1540 g/mol. The molecule has 18 rings (SSSR count). The number of fused-ring (bicyclic) bond motifs is 7. The van der Waals surface area contributed by atoms with E-state index in [1.54, 1.807) is 24.3 Å². The van der Waals surface area contributed by atoms with Crippen molar-refractivity contribution in [2.75, 3.05) is 9.80 Å². The summed E-state index contributed by atoms with van der Waals surface area (Å²) >= 11 is 0. The number of benzene rings is 15. The lowest BCUT2D eigenvalue weighted by atomic mass is 9.33. The van der Waals surface area contributed by atoms with Crippen LogP contribution in [-0.2, 0) is 27.1 Å². The highest BCUT2D eigenvalue weighted by Crippen LogP contribution is 2.56. The Bertz CT molecular complexity index is 6470. The quantitative estimate of drug-likeness (QED) is 0.0892. The van der Waals surface area contributed by atoms with Gasteiger partial charge in [0.25, 0.3) is 6.71 Å². The molecular weight excluding hydrogens is 1430 g/mol. The number of aryl methyl sites for hydroxylation is 2. The Morgan fingerprint density at radius 1 is 0.265 bits per heavy atom. The average molecular weight is 1540 g/mol. The number of hydrogen-bond acceptors (Lipinski definition) is 2. The van der Waals surface area contributed by atoms with Gasteiger partial charge in [0.05, 0.1) is 22.4 Å². The first kappa shape index (κ1) is 69.3. The molecule has 0 aliphatic carbocycles. The van der Waals surface area contributed by atoms with Crippen molar-refractivity contribution in [3.63, 3.8) is 0 Å². The molecule has 0 radical (unpaired) electrons. The highest BCUT2D eigenvalue weighted by molar-refractivity contribution is 7.20. The Morgan fingerprint density at radius 2 is 0.641 bits per heavy atom. The molecule has 0 spiro atoms. The third-order valence-corrected chi connectivity index (χ3v) is 29.7. The maximum atomic E-state index is 8.76. The Hall–Kier alpha value is -12.0. The predicted molar refractivity (Wildman–Crippen MR) is 509 cm³/mol. The van der Waals surface area contributed by atoms with Crippen molar-refractivity contribution in [2.24, 2.45) is 0 Å². The first-order valence-electron chi connectivity index (χ1n) is 44.6. The summed E-state index contributed by atoms with van der Waals surface area (Å²) in [5.41, 5.74) is 27.9. The van der Waals surface area contributed by atoms with Gasteiger partial charge in [-0.15, -0.1) is 0 Å². The molecule has 0 bridgehead atoms. The van der Waals surface area contributed by atoms with E-state index in [4.69, 9.17) is 8.22 Å². The summed E-state index contributed by atoms with van der Waals surface area (Å²) < 4.78 is 54.8. The third-order valence-electron chi connectivity index (χ3n) is 24.9. The van der Waals surface area contributed by atoms with Gasteiger partial charge in [-0.1, -0.05) is 370 Å². The van der Waals surface area contributed by atoms with Crippen LogP contribution >= 0.6 is 0 Å². The van der Waals surface area contributed by atoms with Crippen molar-refractivity contribution in [3.05, 3.63) is 373 Å². The molecule has 0 amide bonds. The Balaban J connectivity index is 1.02. The van der Waals surface area contributed by atoms with Gasteiger partial charge in [0, 0.05) is 69.7 Å². The lowest BCUT2D eigenvalue weighted by Gasteiger charge is -2.47. The van der Waals surface area contributed by atoms with E-state index in [9.17, 15) is 0 Å². The molecule has 0 saturated heterocycles. The van der Waals surface area contributed by atoms with Gasteiger partial charge in [-0.05, 0) is 218 Å². The smallest absolute Gasteiger partial charge is 0.252 e. The molecule has 15 aromatic carbocycles. The zero-order valence-electron chi connectivity index (χ0n) is 76.2. The molecule has 16 aromatic rings. The van der Waals surface area contributed by atoms with Crippen molar-refractivity contribution in [1.29, 1.82) is 0 Å². The molecule has 2 aliphatic heterocycles. The largest absolute Gasteiger partial charge is 0.310 e. The van der Waals surface area contributed by atoms with Crippen LogP contribution in [0, 0.1) is 13.7 Å². The van der Waals surface area contributed by atoms with Crippen molar-refractivity contribution in [3.8, 4) is 61.3 Å². The molecule has 3 nitrogen and oxygen atoms in total. The Morgan fingerprint density at radius 3 is 1.06 bits per heavy atom. The van der Waals surface area contributed by atoms with Crippen molar-refractivity contribution >= 4 is 108 Å². The summed E-state index contributed by atoms with van der Waals surface area (Å²) in [4.78, 5) is 5.33. The van der Waals surface area contributed by atoms with Crippen LogP contribution in [0.15, 0.2) is 334 Å². The van der Waals surface area contributed by atoms with Crippen LogP contribution in [0.5, 0.6) is 0 Å². The first-order valence-corrected chi connectivity index (χ1v) is 43.6. The maximum Gasteiger partial charge on any atom is 0.252 e. The zero-order valence-corrected chi connectivity index (χ0v) is 71.2. The predicted octanol–water partition coefficient (Wildman–Crippen LogP) is 25.7.